The molecule has 1 aliphatic rings. The number of nitrogens with one attached hydrogen (secondary N) is 1. The molecule has 132 valence electrons. The summed E-state index contributed by atoms with van der Waals surface area (Å²) >= 11 is 3.33. The predicted molar refractivity (Wildman–Crippen MR) is 91.9 cm³/mol. The Kier molecular flexibility index (Phi) is 6.34. The van der Waals surface area contributed by atoms with Crippen LogP contribution in [0.4, 0.5) is 0 Å². The highest BCUT2D eigenvalue weighted by atomic mass is 79.9. The summed E-state index contributed by atoms with van der Waals surface area (Å²) in [6.45, 7) is 2.49. The Bertz CT molecular complexity index is 595. The minimum Gasteiger partial charge on any atom is -0.380 e. The van der Waals surface area contributed by atoms with Gasteiger partial charge in [-0.1, -0.05) is 28.1 Å². The van der Waals surface area contributed by atoms with Crippen molar-refractivity contribution in [2.75, 3.05) is 13.1 Å². The summed E-state index contributed by atoms with van der Waals surface area (Å²) in [4.78, 5) is 25.6. The highest BCUT2D eigenvalue weighted by Gasteiger charge is 2.36. The lowest BCUT2D eigenvalue weighted by Crippen LogP contribution is -2.50. The molecule has 2 rings (SSSR count). The smallest absolute Gasteiger partial charge is 0.254 e. The fourth-order valence-corrected chi connectivity index (χ4v) is 2.85. The molecular formula is C16H22BrN3O4. The number of hydrogen-bond donors (Lipinski definition) is 4. The maximum absolute atomic E-state index is 12.1. The van der Waals surface area contributed by atoms with Crippen LogP contribution in [0.1, 0.15) is 24.9 Å². The summed E-state index contributed by atoms with van der Waals surface area (Å²) in [7, 11) is 0. The number of nitrogens with zero attached hydrogens (tertiary/aromatic N) is 1. The van der Waals surface area contributed by atoms with Crippen molar-refractivity contribution in [3.05, 3.63) is 34.3 Å². The number of likely N-dealkylation sites (tertiary alicyclic amines) is 1. The molecule has 5 N–H and O–H groups in total. The van der Waals surface area contributed by atoms with Crippen LogP contribution in [-0.4, -0.2) is 58.3 Å². The van der Waals surface area contributed by atoms with Crippen LogP contribution in [-0.2, 0) is 9.59 Å². The molecule has 1 heterocycles. The van der Waals surface area contributed by atoms with Crippen molar-refractivity contribution in [3.63, 3.8) is 0 Å². The number of amides is 2. The Labute approximate surface area is 149 Å². The number of halogens is 1. The maximum atomic E-state index is 12.1. The van der Waals surface area contributed by atoms with Gasteiger partial charge in [-0.15, -0.1) is 0 Å². The molecule has 0 saturated carbocycles. The second kappa shape index (κ2) is 8.06. The molecular weight excluding hydrogens is 378 g/mol. The average Bonchev–Trinajstić information content (AvgIpc) is 2.99. The van der Waals surface area contributed by atoms with Gasteiger partial charge in [-0.2, -0.15) is 0 Å². The molecule has 4 atom stereocenters. The summed E-state index contributed by atoms with van der Waals surface area (Å²) in [5.74, 6) is -1.48. The van der Waals surface area contributed by atoms with Crippen LogP contribution in [0.3, 0.4) is 0 Å². The highest BCUT2D eigenvalue weighted by Crippen LogP contribution is 2.17. The van der Waals surface area contributed by atoms with Gasteiger partial charge in [0.25, 0.3) is 11.8 Å². The first-order valence-corrected chi connectivity index (χ1v) is 8.55. The van der Waals surface area contributed by atoms with Gasteiger partial charge in [-0.25, -0.2) is 0 Å². The second-order valence-electron chi connectivity index (χ2n) is 6.00. The molecule has 2 amide bonds. The Hall–Kier alpha value is -1.48. The van der Waals surface area contributed by atoms with Crippen LogP contribution in [0.5, 0.6) is 0 Å². The minimum absolute atomic E-state index is 0.135. The first-order chi connectivity index (χ1) is 11.3. The predicted octanol–water partition coefficient (Wildman–Crippen LogP) is -0.0923. The first kappa shape index (κ1) is 18.9. The average molecular weight is 400 g/mol. The van der Waals surface area contributed by atoms with Gasteiger partial charge >= 0.3 is 0 Å². The van der Waals surface area contributed by atoms with Crippen molar-refractivity contribution >= 4 is 27.7 Å². The van der Waals surface area contributed by atoms with E-state index in [1.54, 1.807) is 6.92 Å². The van der Waals surface area contributed by atoms with Crippen LogP contribution in [0.2, 0.25) is 0 Å². The van der Waals surface area contributed by atoms with Crippen LogP contribution in [0, 0.1) is 0 Å². The van der Waals surface area contributed by atoms with E-state index in [0.29, 0.717) is 19.5 Å². The molecule has 7 nitrogen and oxygen atoms in total. The van der Waals surface area contributed by atoms with E-state index in [1.165, 1.54) is 4.90 Å². The van der Waals surface area contributed by atoms with Crippen molar-refractivity contribution in [2.45, 2.75) is 37.6 Å². The molecule has 1 fully saturated rings. The molecule has 1 saturated heterocycles. The van der Waals surface area contributed by atoms with E-state index in [2.05, 4.69) is 21.2 Å². The summed E-state index contributed by atoms with van der Waals surface area (Å²) in [6, 6.07) is 6.82. The third-order valence-corrected chi connectivity index (χ3v) is 4.61. The van der Waals surface area contributed by atoms with Crippen molar-refractivity contribution in [2.24, 2.45) is 5.73 Å². The molecule has 0 aliphatic carbocycles. The van der Waals surface area contributed by atoms with Crippen molar-refractivity contribution < 1.29 is 19.8 Å². The highest BCUT2D eigenvalue weighted by molar-refractivity contribution is 9.10. The quantitative estimate of drug-likeness (QED) is 0.551. The van der Waals surface area contributed by atoms with Crippen molar-refractivity contribution in [1.82, 2.24) is 10.2 Å². The monoisotopic (exact) mass is 399 g/mol. The molecule has 1 aliphatic heterocycles. The van der Waals surface area contributed by atoms with Gasteiger partial charge in [0.05, 0.1) is 6.04 Å². The van der Waals surface area contributed by atoms with Gasteiger partial charge in [-0.3, -0.25) is 9.59 Å². The SMILES string of the molecule is C[C@@H](NC(=O)[C@H](O)[C@@H](O)C(=O)N1CC[C@@H](N)C1)c1ccc(Br)cc1. The third kappa shape index (κ3) is 4.54. The van der Waals surface area contributed by atoms with Gasteiger partial charge in [-0.05, 0) is 31.0 Å². The number of aliphatic hydroxyl groups excluding tert-OH is 2. The molecule has 24 heavy (non-hydrogen) atoms. The van der Waals surface area contributed by atoms with Gasteiger partial charge in [0, 0.05) is 23.6 Å². The van der Waals surface area contributed by atoms with Crippen molar-refractivity contribution in [1.29, 1.82) is 0 Å². The van der Waals surface area contributed by atoms with Crippen LogP contribution in [0.25, 0.3) is 0 Å². The van der Waals surface area contributed by atoms with Crippen molar-refractivity contribution in [3.8, 4) is 0 Å². The lowest BCUT2D eigenvalue weighted by molar-refractivity contribution is -0.152. The van der Waals surface area contributed by atoms with E-state index in [-0.39, 0.29) is 12.1 Å². The number of benzene rings is 1. The standard InChI is InChI=1S/C16H22BrN3O4/c1-9(10-2-4-11(17)5-3-10)19-15(23)13(21)14(22)16(24)20-7-6-12(18)8-20/h2-5,9,12-14,21-22H,6-8,18H2,1H3,(H,19,23)/t9-,12-,13-,14-/m1/s1. The van der Waals surface area contributed by atoms with Crippen LogP contribution < -0.4 is 11.1 Å². The molecule has 1 aromatic carbocycles. The molecule has 1 aromatic rings. The zero-order chi connectivity index (χ0) is 17.9. The van der Waals surface area contributed by atoms with Crippen LogP contribution in [0.15, 0.2) is 28.7 Å². The summed E-state index contributed by atoms with van der Waals surface area (Å²) in [5, 5.41) is 22.5. The summed E-state index contributed by atoms with van der Waals surface area (Å²) in [5.41, 5.74) is 6.56. The number of rotatable bonds is 5. The van der Waals surface area contributed by atoms with Gasteiger partial charge in [0.2, 0.25) is 0 Å². The van der Waals surface area contributed by atoms with Gasteiger partial charge in [0.1, 0.15) is 0 Å². The van der Waals surface area contributed by atoms with E-state index >= 15 is 0 Å². The fourth-order valence-electron chi connectivity index (χ4n) is 2.59. The lowest BCUT2D eigenvalue weighted by atomic mass is 10.1. The summed E-state index contributed by atoms with van der Waals surface area (Å²) in [6.07, 6.45) is -2.99. The Morgan fingerprint density at radius 3 is 2.46 bits per heavy atom. The number of nitrogens with two attached hydrogens (primary N) is 1. The third-order valence-electron chi connectivity index (χ3n) is 4.09. The normalized spacial score (nSPS) is 21.2. The van der Waals surface area contributed by atoms with Gasteiger partial charge in [0.15, 0.2) is 12.2 Å². The van der Waals surface area contributed by atoms with E-state index in [1.807, 2.05) is 24.3 Å². The van der Waals surface area contributed by atoms with E-state index < -0.39 is 24.0 Å². The first-order valence-electron chi connectivity index (χ1n) is 7.76. The molecule has 0 unspecified atom stereocenters. The topological polar surface area (TPSA) is 116 Å². The molecule has 8 heteroatoms. The summed E-state index contributed by atoms with van der Waals surface area (Å²) < 4.78 is 0.912. The molecule has 0 radical (unpaired) electrons. The zero-order valence-electron chi connectivity index (χ0n) is 13.4. The van der Waals surface area contributed by atoms with E-state index in [4.69, 9.17) is 5.73 Å². The number of carbonyl (C=O) groups excluding carboxylic acids is 2. The Morgan fingerprint density at radius 1 is 1.29 bits per heavy atom. The Morgan fingerprint density at radius 2 is 1.92 bits per heavy atom. The van der Waals surface area contributed by atoms with Crippen LogP contribution >= 0.6 is 15.9 Å². The number of hydrogen-bond acceptors (Lipinski definition) is 5. The second-order valence-corrected chi connectivity index (χ2v) is 6.92. The molecule has 0 aromatic heterocycles. The largest absolute Gasteiger partial charge is 0.380 e. The van der Waals surface area contributed by atoms with E-state index in [9.17, 15) is 19.8 Å². The lowest BCUT2D eigenvalue weighted by Gasteiger charge is -2.24. The number of carbonyl (C=O) groups is 2. The maximum Gasteiger partial charge on any atom is 0.254 e. The molecule has 0 bridgehead atoms. The number of aliphatic hydroxyl groups is 2. The zero-order valence-corrected chi connectivity index (χ0v) is 14.9. The minimum atomic E-state index is -1.83. The molecule has 0 spiro atoms. The fraction of sp³-hybridized carbons (Fsp3) is 0.500. The Balaban J connectivity index is 1.93. The van der Waals surface area contributed by atoms with E-state index in [0.717, 1.165) is 10.0 Å². The van der Waals surface area contributed by atoms with Gasteiger partial charge < -0.3 is 26.2 Å².